The highest BCUT2D eigenvalue weighted by Gasteiger charge is 2.18. The van der Waals surface area contributed by atoms with E-state index in [1.54, 1.807) is 26.9 Å². The van der Waals surface area contributed by atoms with Crippen LogP contribution in [0.2, 0.25) is 0 Å². The van der Waals surface area contributed by atoms with E-state index in [9.17, 15) is 0 Å². The monoisotopic (exact) mass is 483 g/mol. The normalized spacial score (nSPS) is 12.3. The van der Waals surface area contributed by atoms with Crippen LogP contribution >= 0.6 is 11.3 Å². The van der Waals surface area contributed by atoms with Crippen LogP contribution in [0.4, 0.5) is 0 Å². The molecule has 9 heteroatoms. The molecule has 5 heterocycles. The van der Waals surface area contributed by atoms with Gasteiger partial charge in [-0.1, -0.05) is 32.9 Å². The van der Waals surface area contributed by atoms with Crippen molar-refractivity contribution >= 4 is 37.4 Å². The first kappa shape index (κ1) is 21.7. The quantitative estimate of drug-likeness (QED) is 0.320. The zero-order valence-electron chi connectivity index (χ0n) is 20.3. The third-order valence-corrected chi connectivity index (χ3v) is 7.12. The zero-order valence-corrected chi connectivity index (χ0v) is 21.1. The molecule has 0 atom stereocenters. The Morgan fingerprint density at radius 3 is 2.57 bits per heavy atom. The van der Waals surface area contributed by atoms with Crippen LogP contribution in [0.1, 0.15) is 37.6 Å². The van der Waals surface area contributed by atoms with Gasteiger partial charge in [-0.2, -0.15) is 5.10 Å². The Balaban J connectivity index is 1.28. The van der Waals surface area contributed by atoms with E-state index in [2.05, 4.69) is 61.1 Å². The first-order valence-electron chi connectivity index (χ1n) is 11.5. The maximum Gasteiger partial charge on any atom is 0.202 e. The number of hydrogen-bond donors (Lipinski definition) is 0. The molecule has 0 spiro atoms. The summed E-state index contributed by atoms with van der Waals surface area (Å²) < 4.78 is 10.3. The fourth-order valence-electron chi connectivity index (χ4n) is 4.22. The van der Waals surface area contributed by atoms with Gasteiger partial charge in [-0.15, -0.1) is 16.4 Å². The average molecular weight is 484 g/mol. The van der Waals surface area contributed by atoms with Gasteiger partial charge in [0.1, 0.15) is 27.3 Å². The molecule has 0 fully saturated rings. The molecular weight excluding hydrogens is 458 g/mol. The SMILES string of the molecule is Cc1cc(C)c2c(n1)sc1c2ncn2nc(-c3ccn(COc4ccc(C(C)(C)C)cc4)n3)nc12. The van der Waals surface area contributed by atoms with Crippen molar-refractivity contribution in [1.82, 2.24) is 34.3 Å². The molecule has 0 aliphatic rings. The van der Waals surface area contributed by atoms with Gasteiger partial charge in [0.15, 0.2) is 12.4 Å². The molecule has 0 amide bonds. The summed E-state index contributed by atoms with van der Waals surface area (Å²) in [5, 5.41) is 10.3. The minimum Gasteiger partial charge on any atom is -0.471 e. The fourth-order valence-corrected chi connectivity index (χ4v) is 5.45. The fraction of sp³-hybridized carbons (Fsp3) is 0.269. The molecule has 0 aliphatic carbocycles. The Labute approximate surface area is 206 Å². The zero-order chi connectivity index (χ0) is 24.3. The molecule has 176 valence electrons. The third kappa shape index (κ3) is 3.81. The topological polar surface area (TPSA) is 83.0 Å². The number of nitrogens with zero attached hydrogens (tertiary/aromatic N) is 7. The van der Waals surface area contributed by atoms with Gasteiger partial charge in [0.05, 0.1) is 5.52 Å². The van der Waals surface area contributed by atoms with Gasteiger partial charge in [0, 0.05) is 17.3 Å². The number of thiophene rings is 1. The van der Waals surface area contributed by atoms with Crippen molar-refractivity contribution in [3.05, 3.63) is 65.7 Å². The van der Waals surface area contributed by atoms with E-state index >= 15 is 0 Å². The van der Waals surface area contributed by atoms with Crippen LogP contribution in [0.3, 0.4) is 0 Å². The number of pyridine rings is 1. The summed E-state index contributed by atoms with van der Waals surface area (Å²) in [7, 11) is 0. The van der Waals surface area contributed by atoms with Crippen LogP contribution in [-0.2, 0) is 12.1 Å². The average Bonchev–Trinajstić information content (AvgIpc) is 3.53. The highest BCUT2D eigenvalue weighted by Crippen LogP contribution is 2.35. The summed E-state index contributed by atoms with van der Waals surface area (Å²) in [4.78, 5) is 15.1. The summed E-state index contributed by atoms with van der Waals surface area (Å²) in [5.74, 6) is 1.35. The van der Waals surface area contributed by atoms with Gasteiger partial charge >= 0.3 is 0 Å². The summed E-state index contributed by atoms with van der Waals surface area (Å²) >= 11 is 1.60. The molecule has 0 radical (unpaired) electrons. The van der Waals surface area contributed by atoms with Crippen LogP contribution in [-0.4, -0.2) is 34.3 Å². The number of fused-ring (bicyclic) bond motifs is 5. The Hall–Kier alpha value is -3.85. The molecule has 6 rings (SSSR count). The van der Waals surface area contributed by atoms with E-state index in [0.29, 0.717) is 18.2 Å². The first-order valence-corrected chi connectivity index (χ1v) is 12.3. The van der Waals surface area contributed by atoms with Gasteiger partial charge < -0.3 is 4.74 Å². The molecule has 0 unspecified atom stereocenters. The van der Waals surface area contributed by atoms with E-state index < -0.39 is 0 Å². The van der Waals surface area contributed by atoms with Crippen LogP contribution in [0, 0.1) is 13.8 Å². The number of benzene rings is 1. The molecule has 0 bridgehead atoms. The molecule has 1 aromatic carbocycles. The number of aromatic nitrogens is 7. The van der Waals surface area contributed by atoms with Crippen LogP contribution in [0.15, 0.2) is 48.9 Å². The summed E-state index contributed by atoms with van der Waals surface area (Å²) in [6, 6.07) is 12.2. The summed E-state index contributed by atoms with van der Waals surface area (Å²) in [6.45, 7) is 11.0. The summed E-state index contributed by atoms with van der Waals surface area (Å²) in [5.41, 5.74) is 5.90. The lowest BCUT2D eigenvalue weighted by molar-refractivity contribution is 0.221. The highest BCUT2D eigenvalue weighted by atomic mass is 32.1. The number of aryl methyl sites for hydroxylation is 2. The van der Waals surface area contributed by atoms with Crippen molar-refractivity contribution in [2.75, 3.05) is 0 Å². The van der Waals surface area contributed by atoms with Crippen molar-refractivity contribution in [1.29, 1.82) is 0 Å². The number of hydrogen-bond acceptors (Lipinski definition) is 7. The predicted molar refractivity (Wildman–Crippen MR) is 138 cm³/mol. The second-order valence-electron chi connectivity index (χ2n) is 9.78. The molecular formula is C26H25N7OS. The van der Waals surface area contributed by atoms with E-state index in [4.69, 9.17) is 14.7 Å². The Bertz CT molecular complexity index is 1700. The van der Waals surface area contributed by atoms with Crippen LogP contribution in [0.25, 0.3) is 37.6 Å². The molecule has 0 saturated heterocycles. The standard InChI is InChI=1S/C26H25N7OS/c1-15-12-16(2)28-25-20(15)21-22(35-25)24-29-23(31-33(24)13-27-21)19-10-11-32(30-19)14-34-18-8-6-17(7-9-18)26(3,4)5/h6-13H,14H2,1-5H3. The van der Waals surface area contributed by atoms with Crippen molar-refractivity contribution in [2.24, 2.45) is 0 Å². The molecule has 0 aliphatic heterocycles. The molecule has 0 N–H and O–H groups in total. The molecule has 5 aromatic heterocycles. The van der Waals surface area contributed by atoms with Crippen LogP contribution in [0.5, 0.6) is 5.75 Å². The molecule has 0 saturated carbocycles. The van der Waals surface area contributed by atoms with Crippen molar-refractivity contribution in [3.63, 3.8) is 0 Å². The number of rotatable bonds is 4. The number of ether oxygens (including phenoxy) is 1. The lowest BCUT2D eigenvalue weighted by atomic mass is 9.87. The van der Waals surface area contributed by atoms with Gasteiger partial charge in [-0.05, 0) is 54.7 Å². The van der Waals surface area contributed by atoms with Crippen molar-refractivity contribution < 1.29 is 4.74 Å². The third-order valence-electron chi connectivity index (χ3n) is 6.05. The van der Waals surface area contributed by atoms with Crippen LogP contribution < -0.4 is 4.74 Å². The molecule has 35 heavy (non-hydrogen) atoms. The second kappa shape index (κ2) is 7.84. The molecule has 8 nitrogen and oxygen atoms in total. The van der Waals surface area contributed by atoms with Gasteiger partial charge in [0.2, 0.25) is 5.82 Å². The summed E-state index contributed by atoms with van der Waals surface area (Å²) in [6.07, 6.45) is 3.58. The Morgan fingerprint density at radius 2 is 1.80 bits per heavy atom. The van der Waals surface area contributed by atoms with Gasteiger partial charge in [0.25, 0.3) is 0 Å². The Morgan fingerprint density at radius 1 is 1.00 bits per heavy atom. The maximum absolute atomic E-state index is 5.92. The van der Waals surface area contributed by atoms with E-state index in [1.165, 1.54) is 11.1 Å². The first-order chi connectivity index (χ1) is 16.8. The maximum atomic E-state index is 5.92. The van der Waals surface area contributed by atoms with Gasteiger partial charge in [-0.25, -0.2) is 24.1 Å². The largest absolute Gasteiger partial charge is 0.471 e. The minimum absolute atomic E-state index is 0.113. The van der Waals surface area contributed by atoms with Crippen molar-refractivity contribution in [2.45, 2.75) is 46.8 Å². The lowest BCUT2D eigenvalue weighted by Crippen LogP contribution is -2.11. The minimum atomic E-state index is 0.113. The highest BCUT2D eigenvalue weighted by molar-refractivity contribution is 7.26. The molecule has 6 aromatic rings. The lowest BCUT2D eigenvalue weighted by Gasteiger charge is -2.19. The Kier molecular flexibility index (Phi) is 4.86. The van der Waals surface area contributed by atoms with E-state index in [1.807, 2.05) is 31.3 Å². The smallest absolute Gasteiger partial charge is 0.202 e. The van der Waals surface area contributed by atoms with Gasteiger partial charge in [-0.3, -0.25) is 0 Å². The second-order valence-corrected chi connectivity index (χ2v) is 10.8. The van der Waals surface area contributed by atoms with Crippen molar-refractivity contribution in [3.8, 4) is 17.3 Å². The van der Waals surface area contributed by atoms with E-state index in [0.717, 1.165) is 37.5 Å². The van der Waals surface area contributed by atoms with E-state index in [-0.39, 0.29) is 5.41 Å². The predicted octanol–water partition coefficient (Wildman–Crippen LogP) is 5.70.